The first-order valence-corrected chi connectivity index (χ1v) is 8.46. The number of aromatic nitrogens is 2. The largest absolute Gasteiger partial charge is 0.376 e. The number of thioether (sulfide) groups is 1. The van der Waals surface area contributed by atoms with Crippen LogP contribution in [0.1, 0.15) is 12.8 Å². The number of nitrogens with zero attached hydrogens (tertiary/aromatic N) is 4. The van der Waals surface area contributed by atoms with Gasteiger partial charge in [0.05, 0.1) is 6.10 Å². The number of anilines is 2. The van der Waals surface area contributed by atoms with Crippen molar-refractivity contribution in [1.29, 1.82) is 0 Å². The molecule has 3 rings (SSSR count). The lowest BCUT2D eigenvalue weighted by Crippen LogP contribution is -2.34. The molecule has 1 atom stereocenters. The van der Waals surface area contributed by atoms with E-state index in [1.807, 2.05) is 11.8 Å². The molecule has 2 aliphatic rings. The summed E-state index contributed by atoms with van der Waals surface area (Å²) in [7, 11) is 2.08. The van der Waals surface area contributed by atoms with Crippen LogP contribution in [0.2, 0.25) is 0 Å². The normalized spacial score (nSPS) is 23.1. The van der Waals surface area contributed by atoms with Crippen LogP contribution in [0.15, 0.2) is 12.4 Å². The average molecular weight is 294 g/mol. The Morgan fingerprint density at radius 3 is 3.00 bits per heavy atom. The zero-order valence-corrected chi connectivity index (χ0v) is 12.8. The molecule has 6 heteroatoms. The summed E-state index contributed by atoms with van der Waals surface area (Å²) in [4.78, 5) is 13.4. The predicted octanol–water partition coefficient (Wildman–Crippen LogP) is 1.64. The van der Waals surface area contributed by atoms with E-state index in [1.165, 1.54) is 17.9 Å². The molecular formula is C14H22N4OS. The van der Waals surface area contributed by atoms with Gasteiger partial charge in [0.25, 0.3) is 0 Å². The van der Waals surface area contributed by atoms with Crippen LogP contribution in [0.4, 0.5) is 11.6 Å². The molecule has 110 valence electrons. The molecule has 0 bridgehead atoms. The minimum absolute atomic E-state index is 0.352. The summed E-state index contributed by atoms with van der Waals surface area (Å²) in [5.74, 6) is 4.41. The summed E-state index contributed by atoms with van der Waals surface area (Å²) < 4.78 is 5.69. The van der Waals surface area contributed by atoms with Gasteiger partial charge in [-0.3, -0.25) is 0 Å². The second-order valence-corrected chi connectivity index (χ2v) is 6.57. The van der Waals surface area contributed by atoms with Crippen LogP contribution in [0, 0.1) is 0 Å². The van der Waals surface area contributed by atoms with Gasteiger partial charge in [0.2, 0.25) is 0 Å². The Hall–Kier alpha value is -1.01. The standard InChI is InChI=1S/C14H22N4OS/c1-17(10-12-3-2-6-19-12)13-9-14(16-11-15-13)18-4-7-20-8-5-18/h9,11-12H,2-8,10H2,1H3. The maximum atomic E-state index is 5.69. The fourth-order valence-corrected chi connectivity index (χ4v) is 3.60. The highest BCUT2D eigenvalue weighted by atomic mass is 32.2. The van der Waals surface area contributed by atoms with Crippen LogP contribution in [-0.2, 0) is 4.74 Å². The Morgan fingerprint density at radius 2 is 2.25 bits per heavy atom. The lowest BCUT2D eigenvalue weighted by atomic mass is 10.2. The molecule has 1 aromatic rings. The van der Waals surface area contributed by atoms with Crippen molar-refractivity contribution in [2.75, 3.05) is 54.6 Å². The number of hydrogen-bond donors (Lipinski definition) is 0. The number of likely N-dealkylation sites (N-methyl/N-ethyl adjacent to an activating group) is 1. The van der Waals surface area contributed by atoms with Crippen molar-refractivity contribution in [2.24, 2.45) is 0 Å². The fraction of sp³-hybridized carbons (Fsp3) is 0.714. The summed E-state index contributed by atoms with van der Waals surface area (Å²) in [5.41, 5.74) is 0. The molecule has 0 spiro atoms. The summed E-state index contributed by atoms with van der Waals surface area (Å²) in [5, 5.41) is 0. The first kappa shape index (κ1) is 13.9. The molecule has 2 aliphatic heterocycles. The van der Waals surface area contributed by atoms with E-state index in [0.29, 0.717) is 6.10 Å². The van der Waals surface area contributed by atoms with Crippen molar-refractivity contribution in [3.63, 3.8) is 0 Å². The van der Waals surface area contributed by atoms with Gasteiger partial charge in [0.1, 0.15) is 18.0 Å². The number of rotatable bonds is 4. The molecule has 20 heavy (non-hydrogen) atoms. The summed E-state index contributed by atoms with van der Waals surface area (Å²) in [6.07, 6.45) is 4.37. The van der Waals surface area contributed by atoms with E-state index in [2.05, 4.69) is 32.9 Å². The Bertz CT molecular complexity index is 433. The molecule has 0 saturated carbocycles. The average Bonchev–Trinajstić information content (AvgIpc) is 3.01. The first-order chi connectivity index (χ1) is 9.83. The lowest BCUT2D eigenvalue weighted by molar-refractivity contribution is 0.116. The molecule has 2 fully saturated rings. The number of hydrogen-bond acceptors (Lipinski definition) is 6. The zero-order valence-electron chi connectivity index (χ0n) is 12.0. The van der Waals surface area contributed by atoms with Crippen molar-refractivity contribution in [3.05, 3.63) is 12.4 Å². The van der Waals surface area contributed by atoms with Crippen LogP contribution in [0.3, 0.4) is 0 Å². The quantitative estimate of drug-likeness (QED) is 0.841. The minimum Gasteiger partial charge on any atom is -0.376 e. The molecule has 2 saturated heterocycles. The Labute approximate surface area is 124 Å². The third-order valence-corrected chi connectivity index (χ3v) is 4.81. The molecule has 5 nitrogen and oxygen atoms in total. The van der Waals surface area contributed by atoms with Crippen LogP contribution in [0.25, 0.3) is 0 Å². The molecule has 0 aliphatic carbocycles. The first-order valence-electron chi connectivity index (χ1n) is 7.30. The minimum atomic E-state index is 0.352. The van der Waals surface area contributed by atoms with Crippen molar-refractivity contribution in [2.45, 2.75) is 18.9 Å². The van der Waals surface area contributed by atoms with Crippen molar-refractivity contribution in [1.82, 2.24) is 9.97 Å². The molecule has 3 heterocycles. The van der Waals surface area contributed by atoms with Gasteiger partial charge in [-0.1, -0.05) is 0 Å². The van der Waals surface area contributed by atoms with Gasteiger partial charge in [0.15, 0.2) is 0 Å². The molecular weight excluding hydrogens is 272 g/mol. The SMILES string of the molecule is CN(CC1CCCO1)c1cc(N2CCSCC2)ncn1. The molecule has 0 aromatic carbocycles. The van der Waals surface area contributed by atoms with E-state index >= 15 is 0 Å². The lowest BCUT2D eigenvalue weighted by Gasteiger charge is -2.28. The summed E-state index contributed by atoms with van der Waals surface area (Å²) in [6, 6.07) is 2.10. The van der Waals surface area contributed by atoms with Gasteiger partial charge in [-0.05, 0) is 12.8 Å². The highest BCUT2D eigenvalue weighted by molar-refractivity contribution is 7.99. The second kappa shape index (κ2) is 6.63. The highest BCUT2D eigenvalue weighted by Gasteiger charge is 2.19. The van der Waals surface area contributed by atoms with E-state index in [-0.39, 0.29) is 0 Å². The van der Waals surface area contributed by atoms with Crippen molar-refractivity contribution >= 4 is 23.4 Å². The maximum Gasteiger partial charge on any atom is 0.134 e. The van der Waals surface area contributed by atoms with Gasteiger partial charge >= 0.3 is 0 Å². The van der Waals surface area contributed by atoms with E-state index < -0.39 is 0 Å². The smallest absolute Gasteiger partial charge is 0.134 e. The molecule has 1 unspecified atom stereocenters. The van der Waals surface area contributed by atoms with Gasteiger partial charge in [-0.15, -0.1) is 0 Å². The van der Waals surface area contributed by atoms with Crippen LogP contribution in [0.5, 0.6) is 0 Å². The van der Waals surface area contributed by atoms with E-state index in [0.717, 1.165) is 44.3 Å². The third kappa shape index (κ3) is 3.35. The molecule has 0 N–H and O–H groups in total. The Balaban J connectivity index is 1.66. The number of ether oxygens (including phenoxy) is 1. The van der Waals surface area contributed by atoms with Gasteiger partial charge < -0.3 is 14.5 Å². The molecule has 0 radical (unpaired) electrons. The van der Waals surface area contributed by atoms with Crippen LogP contribution >= 0.6 is 11.8 Å². The third-order valence-electron chi connectivity index (χ3n) is 3.87. The van der Waals surface area contributed by atoms with Crippen molar-refractivity contribution < 1.29 is 4.74 Å². The van der Waals surface area contributed by atoms with E-state index in [9.17, 15) is 0 Å². The fourth-order valence-electron chi connectivity index (χ4n) is 2.70. The summed E-state index contributed by atoms with van der Waals surface area (Å²) in [6.45, 7) is 3.97. The van der Waals surface area contributed by atoms with Crippen molar-refractivity contribution in [3.8, 4) is 0 Å². The van der Waals surface area contributed by atoms with E-state index in [1.54, 1.807) is 6.33 Å². The predicted molar refractivity (Wildman–Crippen MR) is 83.8 cm³/mol. The maximum absolute atomic E-state index is 5.69. The zero-order chi connectivity index (χ0) is 13.8. The van der Waals surface area contributed by atoms with Gasteiger partial charge in [0, 0.05) is 50.9 Å². The topological polar surface area (TPSA) is 41.5 Å². The monoisotopic (exact) mass is 294 g/mol. The van der Waals surface area contributed by atoms with Crippen LogP contribution < -0.4 is 9.80 Å². The Morgan fingerprint density at radius 1 is 1.40 bits per heavy atom. The summed E-state index contributed by atoms with van der Waals surface area (Å²) >= 11 is 2.01. The van der Waals surface area contributed by atoms with Crippen LogP contribution in [-0.4, -0.2) is 60.9 Å². The highest BCUT2D eigenvalue weighted by Crippen LogP contribution is 2.21. The van der Waals surface area contributed by atoms with E-state index in [4.69, 9.17) is 4.74 Å². The molecule has 0 amide bonds. The second-order valence-electron chi connectivity index (χ2n) is 5.35. The van der Waals surface area contributed by atoms with Gasteiger partial charge in [-0.25, -0.2) is 9.97 Å². The molecule has 1 aromatic heterocycles. The van der Waals surface area contributed by atoms with Gasteiger partial charge in [-0.2, -0.15) is 11.8 Å². The Kier molecular flexibility index (Phi) is 4.62.